The number of rotatable bonds is 34. The smallest absolute Gasteiger partial charge is 0.0412 e. The van der Waals surface area contributed by atoms with Gasteiger partial charge in [-0.05, 0) is 36.8 Å². The second kappa shape index (κ2) is 30.8. The zero-order chi connectivity index (χ0) is 31.8. The maximum atomic E-state index is 7.46. The molecule has 0 radical (unpaired) electrons. The van der Waals surface area contributed by atoms with E-state index in [2.05, 4.69) is 45.0 Å². The Balaban J connectivity index is 2.53. The molecule has 0 bridgehead atoms. The lowest BCUT2D eigenvalue weighted by Crippen LogP contribution is -2.37. The van der Waals surface area contributed by atoms with Crippen molar-refractivity contribution >= 4 is 0 Å². The van der Waals surface area contributed by atoms with Gasteiger partial charge in [-0.1, -0.05) is 231 Å². The van der Waals surface area contributed by atoms with Crippen molar-refractivity contribution in [2.24, 2.45) is 5.73 Å². The van der Waals surface area contributed by atoms with E-state index < -0.39 is 0 Å². The minimum Gasteiger partial charge on any atom is -0.321 e. The van der Waals surface area contributed by atoms with Gasteiger partial charge in [0.2, 0.25) is 0 Å². The number of unbranched alkanes of at least 4 members (excludes halogenated alkanes) is 27. The van der Waals surface area contributed by atoms with E-state index in [-0.39, 0.29) is 5.54 Å². The van der Waals surface area contributed by atoms with Crippen LogP contribution in [0.15, 0.2) is 24.3 Å². The first-order valence-corrected chi connectivity index (χ1v) is 20.5. The summed E-state index contributed by atoms with van der Waals surface area (Å²) in [6.07, 6.45) is 45.5. The molecular weight excluding hydrogens is 530 g/mol. The minimum atomic E-state index is -0.143. The fraction of sp³-hybridized carbons (Fsp3) is 0.860. The van der Waals surface area contributed by atoms with Crippen LogP contribution in [-0.2, 0) is 12.0 Å². The first kappa shape index (κ1) is 41.2. The number of nitrogens with two attached hydrogens (primary N) is 1. The number of hydrogen-bond acceptors (Lipinski definition) is 1. The molecule has 0 amide bonds. The highest BCUT2D eigenvalue weighted by atomic mass is 14.7. The van der Waals surface area contributed by atoms with Crippen LogP contribution in [0.1, 0.15) is 237 Å². The SMILES string of the molecule is CCCCCCCCCCCCc1ccccc1C(N)(CCCCCCCCCCCC)CCCCCCCCCCCC. The van der Waals surface area contributed by atoms with Crippen molar-refractivity contribution in [2.75, 3.05) is 0 Å². The fourth-order valence-electron chi connectivity index (χ4n) is 7.28. The van der Waals surface area contributed by atoms with Gasteiger partial charge < -0.3 is 5.73 Å². The molecule has 0 saturated heterocycles. The third-order valence-corrected chi connectivity index (χ3v) is 10.3. The molecule has 0 atom stereocenters. The van der Waals surface area contributed by atoms with Crippen molar-refractivity contribution < 1.29 is 0 Å². The lowest BCUT2D eigenvalue weighted by atomic mass is 9.78. The van der Waals surface area contributed by atoms with Crippen LogP contribution < -0.4 is 5.73 Å². The molecule has 0 heterocycles. The van der Waals surface area contributed by atoms with E-state index in [1.165, 1.54) is 205 Å². The molecule has 1 rings (SSSR count). The van der Waals surface area contributed by atoms with Crippen LogP contribution in [0.3, 0.4) is 0 Å². The van der Waals surface area contributed by atoms with Gasteiger partial charge in [-0.3, -0.25) is 0 Å². The highest BCUT2D eigenvalue weighted by molar-refractivity contribution is 5.34. The molecule has 0 unspecified atom stereocenters. The quantitative estimate of drug-likeness (QED) is 0.0771. The summed E-state index contributed by atoms with van der Waals surface area (Å²) in [6, 6.07) is 9.33. The summed E-state index contributed by atoms with van der Waals surface area (Å²) in [5.41, 5.74) is 10.4. The van der Waals surface area contributed by atoms with Crippen molar-refractivity contribution in [3.63, 3.8) is 0 Å². The van der Waals surface area contributed by atoms with Gasteiger partial charge in [0, 0.05) is 5.54 Å². The second-order valence-corrected chi connectivity index (χ2v) is 14.6. The molecule has 258 valence electrons. The molecule has 1 aromatic rings. The van der Waals surface area contributed by atoms with Gasteiger partial charge in [0.15, 0.2) is 0 Å². The van der Waals surface area contributed by atoms with E-state index in [4.69, 9.17) is 5.73 Å². The van der Waals surface area contributed by atoms with Gasteiger partial charge in [-0.2, -0.15) is 0 Å². The summed E-state index contributed by atoms with van der Waals surface area (Å²) in [4.78, 5) is 0. The highest BCUT2D eigenvalue weighted by Crippen LogP contribution is 2.34. The van der Waals surface area contributed by atoms with Crippen molar-refractivity contribution in [2.45, 2.75) is 238 Å². The molecule has 0 aliphatic carbocycles. The molecule has 1 nitrogen and oxygen atoms in total. The molecule has 1 heteroatoms. The molecule has 1 aromatic carbocycles. The van der Waals surface area contributed by atoms with Gasteiger partial charge >= 0.3 is 0 Å². The minimum absolute atomic E-state index is 0.143. The monoisotopic (exact) mass is 612 g/mol. The van der Waals surface area contributed by atoms with Gasteiger partial charge in [-0.25, -0.2) is 0 Å². The summed E-state index contributed by atoms with van der Waals surface area (Å²) in [5, 5.41) is 0. The predicted molar refractivity (Wildman–Crippen MR) is 201 cm³/mol. The summed E-state index contributed by atoms with van der Waals surface area (Å²) < 4.78 is 0. The Kier molecular flexibility index (Phi) is 28.9. The molecule has 0 aromatic heterocycles. The highest BCUT2D eigenvalue weighted by Gasteiger charge is 2.28. The molecule has 2 N–H and O–H groups in total. The lowest BCUT2D eigenvalue weighted by molar-refractivity contribution is 0.340. The maximum Gasteiger partial charge on any atom is 0.0412 e. The van der Waals surface area contributed by atoms with Crippen LogP contribution in [0.4, 0.5) is 0 Å². The number of aryl methyl sites for hydroxylation is 1. The van der Waals surface area contributed by atoms with Gasteiger partial charge in [0.25, 0.3) is 0 Å². The Hall–Kier alpha value is -0.820. The average molecular weight is 612 g/mol. The summed E-state index contributed by atoms with van der Waals surface area (Å²) in [6.45, 7) is 6.93. The van der Waals surface area contributed by atoms with Gasteiger partial charge in [-0.15, -0.1) is 0 Å². The number of hydrogen-bond donors (Lipinski definition) is 1. The van der Waals surface area contributed by atoms with Gasteiger partial charge in [0.05, 0.1) is 0 Å². The van der Waals surface area contributed by atoms with Crippen molar-refractivity contribution in [3.8, 4) is 0 Å². The van der Waals surface area contributed by atoms with Crippen LogP contribution >= 0.6 is 0 Å². The van der Waals surface area contributed by atoms with Crippen LogP contribution in [0.25, 0.3) is 0 Å². The zero-order valence-electron chi connectivity index (χ0n) is 30.7. The first-order valence-electron chi connectivity index (χ1n) is 20.5. The third kappa shape index (κ3) is 22.6. The molecule has 0 spiro atoms. The maximum absolute atomic E-state index is 7.46. The van der Waals surface area contributed by atoms with Gasteiger partial charge in [0.1, 0.15) is 0 Å². The van der Waals surface area contributed by atoms with E-state index in [9.17, 15) is 0 Å². The second-order valence-electron chi connectivity index (χ2n) is 14.6. The van der Waals surface area contributed by atoms with E-state index in [0.29, 0.717) is 0 Å². The molecular formula is C43H81N. The Morgan fingerprint density at radius 2 is 0.682 bits per heavy atom. The lowest BCUT2D eigenvalue weighted by Gasteiger charge is -2.33. The van der Waals surface area contributed by atoms with Crippen molar-refractivity contribution in [1.82, 2.24) is 0 Å². The standard InChI is InChI=1S/C43H81N/c1-4-7-10-13-16-19-22-25-28-31-36-41-37-32-33-38-42(41)43(44,39-34-29-26-23-20-17-14-11-8-5-2)40-35-30-27-24-21-18-15-12-9-6-3/h32-33,37-38H,4-31,34-36,39-40,44H2,1-3H3. The van der Waals surface area contributed by atoms with E-state index in [1.807, 2.05) is 0 Å². The van der Waals surface area contributed by atoms with Crippen molar-refractivity contribution in [3.05, 3.63) is 35.4 Å². The Morgan fingerprint density at radius 1 is 0.386 bits per heavy atom. The largest absolute Gasteiger partial charge is 0.321 e. The predicted octanol–water partition coefficient (Wildman–Crippen LogP) is 14.9. The van der Waals surface area contributed by atoms with Crippen molar-refractivity contribution in [1.29, 1.82) is 0 Å². The summed E-state index contributed by atoms with van der Waals surface area (Å²) >= 11 is 0. The molecule has 0 fully saturated rings. The van der Waals surface area contributed by atoms with Crippen LogP contribution in [-0.4, -0.2) is 0 Å². The third-order valence-electron chi connectivity index (χ3n) is 10.3. The zero-order valence-corrected chi connectivity index (χ0v) is 30.7. The Bertz CT molecular complexity index is 685. The normalized spacial score (nSPS) is 11.9. The molecule has 0 saturated carbocycles. The molecule has 44 heavy (non-hydrogen) atoms. The number of benzene rings is 1. The Labute approximate surface area is 278 Å². The van der Waals surface area contributed by atoms with Crippen LogP contribution in [0.2, 0.25) is 0 Å². The molecule has 0 aliphatic rings. The average Bonchev–Trinajstić information content (AvgIpc) is 3.04. The Morgan fingerprint density at radius 3 is 1.05 bits per heavy atom. The van der Waals surface area contributed by atoms with Crippen LogP contribution in [0.5, 0.6) is 0 Å². The summed E-state index contributed by atoms with van der Waals surface area (Å²) in [5.74, 6) is 0. The van der Waals surface area contributed by atoms with E-state index >= 15 is 0 Å². The van der Waals surface area contributed by atoms with Crippen LogP contribution in [0, 0.1) is 0 Å². The molecule has 0 aliphatic heterocycles. The topological polar surface area (TPSA) is 26.0 Å². The fourth-order valence-corrected chi connectivity index (χ4v) is 7.28. The van der Waals surface area contributed by atoms with E-state index in [0.717, 1.165) is 12.8 Å². The first-order chi connectivity index (χ1) is 21.7. The summed E-state index contributed by atoms with van der Waals surface area (Å²) in [7, 11) is 0. The van der Waals surface area contributed by atoms with E-state index in [1.54, 1.807) is 5.56 Å².